The molecule has 0 bridgehead atoms. The van der Waals surface area contributed by atoms with E-state index in [2.05, 4.69) is 4.90 Å². The first kappa shape index (κ1) is 18.1. The zero-order valence-corrected chi connectivity index (χ0v) is 15.6. The molecule has 4 rings (SSSR count). The number of nitrogens with zero attached hydrogens (tertiary/aromatic N) is 1. The van der Waals surface area contributed by atoms with E-state index in [4.69, 9.17) is 9.47 Å². The Balaban J connectivity index is 1.27. The second-order valence-corrected chi connectivity index (χ2v) is 7.73. The molecule has 1 aliphatic heterocycles. The molecule has 2 aromatic carbocycles. The topological polar surface area (TPSA) is 62.2 Å². The molecule has 5 heteroatoms. The lowest BCUT2D eigenvalue weighted by Crippen LogP contribution is -2.28. The zero-order chi connectivity index (χ0) is 18.8. The highest BCUT2D eigenvalue weighted by atomic mass is 16.5. The van der Waals surface area contributed by atoms with Crippen LogP contribution in [0.15, 0.2) is 48.5 Å². The van der Waals surface area contributed by atoms with Gasteiger partial charge >= 0.3 is 0 Å². The Morgan fingerprint density at radius 2 is 1.56 bits per heavy atom. The second-order valence-electron chi connectivity index (χ2n) is 7.73. The first-order chi connectivity index (χ1) is 13.1. The van der Waals surface area contributed by atoms with Gasteiger partial charge in [0, 0.05) is 19.6 Å². The van der Waals surface area contributed by atoms with Crippen molar-refractivity contribution in [3.05, 3.63) is 54.1 Å². The van der Waals surface area contributed by atoms with Crippen molar-refractivity contribution < 1.29 is 19.7 Å². The number of aliphatic hydroxyl groups is 1. The number of fused-ring (bicyclic) bond motifs is 1. The molecule has 144 valence electrons. The Morgan fingerprint density at radius 3 is 2.15 bits per heavy atom. The van der Waals surface area contributed by atoms with E-state index >= 15 is 0 Å². The highest BCUT2D eigenvalue weighted by Gasteiger charge is 2.42. The Morgan fingerprint density at radius 1 is 0.963 bits per heavy atom. The summed E-state index contributed by atoms with van der Waals surface area (Å²) < 4.78 is 11.3. The fraction of sp³-hybridized carbons (Fsp3) is 0.455. The number of β-amino-alcohol motifs (C(OH)–C–C–N with tert-alkyl or cyclic N) is 1. The quantitative estimate of drug-likeness (QED) is 0.819. The first-order valence-corrected chi connectivity index (χ1v) is 9.61. The van der Waals surface area contributed by atoms with Crippen LogP contribution in [0, 0.1) is 11.8 Å². The van der Waals surface area contributed by atoms with Crippen LogP contribution in [0.3, 0.4) is 0 Å². The van der Waals surface area contributed by atoms with Gasteiger partial charge in [0.15, 0.2) is 0 Å². The van der Waals surface area contributed by atoms with Crippen LogP contribution in [0.1, 0.15) is 24.5 Å². The molecular formula is C22H27NO4. The molecule has 2 fully saturated rings. The summed E-state index contributed by atoms with van der Waals surface area (Å²) in [6.07, 6.45) is 1.90. The highest BCUT2D eigenvalue weighted by molar-refractivity contribution is 5.31. The molecule has 4 atom stereocenters. The van der Waals surface area contributed by atoms with Crippen LogP contribution in [0.2, 0.25) is 0 Å². The van der Waals surface area contributed by atoms with Crippen molar-refractivity contribution in [2.45, 2.75) is 25.0 Å². The van der Waals surface area contributed by atoms with Gasteiger partial charge in [-0.1, -0.05) is 12.1 Å². The van der Waals surface area contributed by atoms with E-state index in [9.17, 15) is 10.2 Å². The standard InChI is InChI=1S/C22H27NO4/c1-26-19-6-8-20(9-7-19)27-21-10-16-12-23(13-17(16)11-21)14-22(25)15-2-4-18(24)5-3-15/h2-9,16-17,21-22,24-25H,10-14H2,1H3/t16-,17+,21?,22?. The number of aromatic hydroxyl groups is 1. The Bertz CT molecular complexity index is 732. The van der Waals surface area contributed by atoms with Gasteiger partial charge in [0.2, 0.25) is 0 Å². The molecular weight excluding hydrogens is 342 g/mol. The minimum Gasteiger partial charge on any atom is -0.508 e. The van der Waals surface area contributed by atoms with E-state index in [1.165, 1.54) is 0 Å². The molecule has 2 aliphatic rings. The summed E-state index contributed by atoms with van der Waals surface area (Å²) in [5.41, 5.74) is 0.852. The summed E-state index contributed by atoms with van der Waals surface area (Å²) in [5, 5.41) is 19.8. The molecule has 5 nitrogen and oxygen atoms in total. The molecule has 2 unspecified atom stereocenters. The number of hydrogen-bond acceptors (Lipinski definition) is 5. The number of aliphatic hydroxyl groups excluding tert-OH is 1. The van der Waals surface area contributed by atoms with Crippen LogP contribution >= 0.6 is 0 Å². The SMILES string of the molecule is COc1ccc(OC2C[C@@H]3CN(CC(O)c4ccc(O)cc4)C[C@@H]3C2)cc1. The summed E-state index contributed by atoms with van der Waals surface area (Å²) in [6, 6.07) is 14.6. The van der Waals surface area contributed by atoms with Gasteiger partial charge in [-0.3, -0.25) is 4.90 Å². The molecule has 0 spiro atoms. The molecule has 1 aliphatic carbocycles. The number of phenolic OH excluding ortho intramolecular Hbond substituents is 1. The van der Waals surface area contributed by atoms with E-state index in [1.807, 2.05) is 24.3 Å². The Labute approximate surface area is 160 Å². The minimum absolute atomic E-state index is 0.226. The molecule has 1 saturated carbocycles. The normalized spacial score (nSPS) is 25.9. The second kappa shape index (κ2) is 7.79. The van der Waals surface area contributed by atoms with Crippen LogP contribution in [0.25, 0.3) is 0 Å². The average Bonchev–Trinajstić information content (AvgIpc) is 3.20. The van der Waals surface area contributed by atoms with Crippen LogP contribution in [-0.4, -0.2) is 48.0 Å². The maximum Gasteiger partial charge on any atom is 0.119 e. The van der Waals surface area contributed by atoms with Gasteiger partial charge in [0.1, 0.15) is 17.2 Å². The Kier molecular flexibility index (Phi) is 5.23. The fourth-order valence-electron chi connectivity index (χ4n) is 4.48. The van der Waals surface area contributed by atoms with Crippen molar-refractivity contribution in [2.24, 2.45) is 11.8 Å². The van der Waals surface area contributed by atoms with Crippen molar-refractivity contribution in [1.82, 2.24) is 4.90 Å². The smallest absolute Gasteiger partial charge is 0.119 e. The third kappa shape index (κ3) is 4.20. The zero-order valence-electron chi connectivity index (χ0n) is 15.6. The molecule has 27 heavy (non-hydrogen) atoms. The van der Waals surface area contributed by atoms with E-state index in [0.717, 1.165) is 43.0 Å². The van der Waals surface area contributed by atoms with Crippen LogP contribution in [0.5, 0.6) is 17.2 Å². The molecule has 0 aromatic heterocycles. The lowest BCUT2D eigenvalue weighted by molar-refractivity contribution is 0.116. The van der Waals surface area contributed by atoms with Gasteiger partial charge in [-0.2, -0.15) is 0 Å². The predicted octanol–water partition coefficient (Wildman–Crippen LogP) is 3.22. The fourth-order valence-corrected chi connectivity index (χ4v) is 4.48. The van der Waals surface area contributed by atoms with Crippen molar-refractivity contribution in [1.29, 1.82) is 0 Å². The van der Waals surface area contributed by atoms with E-state index < -0.39 is 6.10 Å². The number of benzene rings is 2. The van der Waals surface area contributed by atoms with Crippen molar-refractivity contribution in [3.8, 4) is 17.2 Å². The Hall–Kier alpha value is -2.24. The van der Waals surface area contributed by atoms with Gasteiger partial charge in [0.05, 0.1) is 19.3 Å². The molecule has 0 amide bonds. The average molecular weight is 369 g/mol. The lowest BCUT2D eigenvalue weighted by Gasteiger charge is -2.22. The molecule has 0 radical (unpaired) electrons. The van der Waals surface area contributed by atoms with Crippen LogP contribution in [-0.2, 0) is 0 Å². The van der Waals surface area contributed by atoms with E-state index in [-0.39, 0.29) is 11.9 Å². The van der Waals surface area contributed by atoms with Gasteiger partial charge < -0.3 is 19.7 Å². The van der Waals surface area contributed by atoms with Crippen molar-refractivity contribution in [3.63, 3.8) is 0 Å². The lowest BCUT2D eigenvalue weighted by atomic mass is 10.0. The van der Waals surface area contributed by atoms with Gasteiger partial charge in [-0.05, 0) is 66.6 Å². The molecule has 1 heterocycles. The van der Waals surface area contributed by atoms with Gasteiger partial charge in [0.25, 0.3) is 0 Å². The highest BCUT2D eigenvalue weighted by Crippen LogP contribution is 2.40. The summed E-state index contributed by atoms with van der Waals surface area (Å²) >= 11 is 0. The summed E-state index contributed by atoms with van der Waals surface area (Å²) in [4.78, 5) is 2.36. The summed E-state index contributed by atoms with van der Waals surface area (Å²) in [7, 11) is 1.67. The predicted molar refractivity (Wildman–Crippen MR) is 103 cm³/mol. The maximum absolute atomic E-state index is 10.5. The number of hydrogen-bond donors (Lipinski definition) is 2. The maximum atomic E-state index is 10.5. The van der Waals surface area contributed by atoms with Gasteiger partial charge in [-0.15, -0.1) is 0 Å². The van der Waals surface area contributed by atoms with Crippen molar-refractivity contribution in [2.75, 3.05) is 26.7 Å². The number of rotatable bonds is 6. The summed E-state index contributed by atoms with van der Waals surface area (Å²) in [6.45, 7) is 2.67. The minimum atomic E-state index is -0.518. The van der Waals surface area contributed by atoms with Crippen LogP contribution in [0.4, 0.5) is 0 Å². The van der Waals surface area contributed by atoms with E-state index in [1.54, 1.807) is 31.4 Å². The monoisotopic (exact) mass is 369 g/mol. The molecule has 1 saturated heterocycles. The number of likely N-dealkylation sites (tertiary alicyclic amines) is 1. The number of methoxy groups -OCH3 is 1. The van der Waals surface area contributed by atoms with Gasteiger partial charge in [-0.25, -0.2) is 0 Å². The first-order valence-electron chi connectivity index (χ1n) is 9.61. The number of ether oxygens (including phenoxy) is 2. The summed E-state index contributed by atoms with van der Waals surface area (Å²) in [5.74, 6) is 3.25. The number of phenols is 1. The van der Waals surface area contributed by atoms with Crippen LogP contribution < -0.4 is 9.47 Å². The van der Waals surface area contributed by atoms with E-state index in [0.29, 0.717) is 18.4 Å². The largest absolute Gasteiger partial charge is 0.508 e. The molecule has 2 N–H and O–H groups in total. The molecule has 2 aromatic rings. The third-order valence-electron chi connectivity index (χ3n) is 5.85. The van der Waals surface area contributed by atoms with Crippen molar-refractivity contribution >= 4 is 0 Å². The third-order valence-corrected chi connectivity index (χ3v) is 5.85.